The van der Waals surface area contributed by atoms with Crippen LogP contribution in [0, 0.1) is 6.92 Å². The first kappa shape index (κ1) is 23.5. The van der Waals surface area contributed by atoms with Gasteiger partial charge < -0.3 is 13.9 Å². The number of aryl methyl sites for hydroxylation is 1. The largest absolute Gasteiger partial charge is 0.481 e. The standard InChI is InChI=1S/C23H18Br2N2O5/c1-15-11-19(24)23(20(25)12-15)31-14-21(28)27-26-13-16-4-6-18(7-5-16)32-22(29)9-8-17-3-2-10-30-17/h2-13H,14H2,1H3,(H,27,28)/b9-8-,26-13+. The molecule has 0 saturated carbocycles. The van der Waals surface area contributed by atoms with Gasteiger partial charge in [-0.3, -0.25) is 4.79 Å². The Morgan fingerprint density at radius 3 is 2.50 bits per heavy atom. The topological polar surface area (TPSA) is 90.1 Å². The molecule has 7 nitrogen and oxygen atoms in total. The van der Waals surface area contributed by atoms with E-state index < -0.39 is 11.9 Å². The van der Waals surface area contributed by atoms with Gasteiger partial charge in [-0.05, 0) is 105 Å². The molecule has 1 aromatic heterocycles. The Balaban J connectivity index is 1.45. The second-order valence-corrected chi connectivity index (χ2v) is 8.19. The number of hydrogen-bond acceptors (Lipinski definition) is 6. The van der Waals surface area contributed by atoms with Gasteiger partial charge in [0.25, 0.3) is 5.91 Å². The van der Waals surface area contributed by atoms with Crippen LogP contribution in [0.3, 0.4) is 0 Å². The van der Waals surface area contributed by atoms with Crippen molar-refractivity contribution < 1.29 is 23.5 Å². The summed E-state index contributed by atoms with van der Waals surface area (Å²) in [4.78, 5) is 23.8. The predicted octanol–water partition coefficient (Wildman–Crippen LogP) is 5.26. The number of nitrogens with one attached hydrogen (secondary N) is 1. The minimum absolute atomic E-state index is 0.196. The van der Waals surface area contributed by atoms with Crippen molar-refractivity contribution in [2.45, 2.75) is 6.92 Å². The molecule has 32 heavy (non-hydrogen) atoms. The third kappa shape index (κ3) is 7.21. The van der Waals surface area contributed by atoms with E-state index >= 15 is 0 Å². The number of rotatable bonds is 8. The van der Waals surface area contributed by atoms with Gasteiger partial charge in [-0.15, -0.1) is 0 Å². The van der Waals surface area contributed by atoms with E-state index in [0.29, 0.717) is 22.8 Å². The maximum absolute atomic E-state index is 12.0. The highest BCUT2D eigenvalue weighted by molar-refractivity contribution is 9.11. The molecule has 1 amide bonds. The molecule has 0 unspecified atom stereocenters. The lowest BCUT2D eigenvalue weighted by Crippen LogP contribution is -2.24. The predicted molar refractivity (Wildman–Crippen MR) is 128 cm³/mol. The summed E-state index contributed by atoms with van der Waals surface area (Å²) < 4.78 is 17.4. The van der Waals surface area contributed by atoms with Crippen molar-refractivity contribution >= 4 is 56.0 Å². The summed E-state index contributed by atoms with van der Waals surface area (Å²) in [5.41, 5.74) is 4.16. The van der Waals surface area contributed by atoms with Crippen molar-refractivity contribution in [1.82, 2.24) is 5.43 Å². The number of amides is 1. The summed E-state index contributed by atoms with van der Waals surface area (Å²) in [6, 6.07) is 13.9. The molecule has 0 atom stereocenters. The molecule has 0 aliphatic rings. The smallest absolute Gasteiger partial charge is 0.336 e. The second-order valence-electron chi connectivity index (χ2n) is 6.48. The van der Waals surface area contributed by atoms with Gasteiger partial charge in [-0.2, -0.15) is 5.10 Å². The Morgan fingerprint density at radius 1 is 1.12 bits per heavy atom. The molecule has 0 fully saturated rings. The van der Waals surface area contributed by atoms with Gasteiger partial charge in [0.15, 0.2) is 6.61 Å². The number of hydrogen-bond donors (Lipinski definition) is 1. The fourth-order valence-electron chi connectivity index (χ4n) is 2.48. The number of esters is 1. The van der Waals surface area contributed by atoms with E-state index in [2.05, 4.69) is 42.4 Å². The molecular weight excluding hydrogens is 544 g/mol. The molecule has 164 valence electrons. The van der Waals surface area contributed by atoms with E-state index in [1.165, 1.54) is 24.6 Å². The van der Waals surface area contributed by atoms with E-state index in [4.69, 9.17) is 13.9 Å². The van der Waals surface area contributed by atoms with Crippen molar-refractivity contribution in [2.24, 2.45) is 5.10 Å². The van der Waals surface area contributed by atoms with Gasteiger partial charge in [0.2, 0.25) is 0 Å². The summed E-state index contributed by atoms with van der Waals surface area (Å²) in [7, 11) is 0. The Kier molecular flexibility index (Phi) is 8.41. The third-order valence-electron chi connectivity index (χ3n) is 3.92. The summed E-state index contributed by atoms with van der Waals surface area (Å²) >= 11 is 6.83. The van der Waals surface area contributed by atoms with E-state index in [0.717, 1.165) is 14.5 Å². The molecule has 0 spiro atoms. The van der Waals surface area contributed by atoms with Crippen LogP contribution in [-0.2, 0) is 9.59 Å². The molecule has 0 aliphatic carbocycles. The second kappa shape index (κ2) is 11.4. The highest BCUT2D eigenvalue weighted by Gasteiger charge is 2.10. The number of hydrazone groups is 1. The normalized spacial score (nSPS) is 11.1. The monoisotopic (exact) mass is 560 g/mol. The molecule has 0 saturated heterocycles. The molecule has 2 aromatic carbocycles. The zero-order chi connectivity index (χ0) is 22.9. The van der Waals surface area contributed by atoms with Crippen LogP contribution >= 0.6 is 31.9 Å². The Morgan fingerprint density at radius 2 is 1.84 bits per heavy atom. The molecule has 9 heteroatoms. The SMILES string of the molecule is Cc1cc(Br)c(OCC(=O)N/N=C/c2ccc(OC(=O)/C=C\c3ccco3)cc2)c(Br)c1. The van der Waals surface area contributed by atoms with Gasteiger partial charge in [-0.1, -0.05) is 0 Å². The van der Waals surface area contributed by atoms with E-state index in [-0.39, 0.29) is 6.61 Å². The highest BCUT2D eigenvalue weighted by Crippen LogP contribution is 2.34. The molecular formula is C23H18Br2N2O5. The van der Waals surface area contributed by atoms with Gasteiger partial charge in [-0.25, -0.2) is 10.2 Å². The van der Waals surface area contributed by atoms with Gasteiger partial charge in [0.1, 0.15) is 17.3 Å². The zero-order valence-electron chi connectivity index (χ0n) is 16.9. The molecule has 0 radical (unpaired) electrons. The maximum atomic E-state index is 12.0. The molecule has 0 aliphatic heterocycles. The quantitative estimate of drug-likeness (QED) is 0.133. The van der Waals surface area contributed by atoms with Crippen molar-refractivity contribution in [2.75, 3.05) is 6.61 Å². The lowest BCUT2D eigenvalue weighted by Gasteiger charge is -2.10. The minimum Gasteiger partial charge on any atom is -0.481 e. The first-order chi connectivity index (χ1) is 15.4. The maximum Gasteiger partial charge on any atom is 0.336 e. The average molecular weight is 562 g/mol. The summed E-state index contributed by atoms with van der Waals surface area (Å²) in [5, 5.41) is 3.90. The zero-order valence-corrected chi connectivity index (χ0v) is 20.1. The van der Waals surface area contributed by atoms with Crippen LogP contribution in [0.5, 0.6) is 11.5 Å². The summed E-state index contributed by atoms with van der Waals surface area (Å²) in [6.45, 7) is 1.76. The first-order valence-corrected chi connectivity index (χ1v) is 10.9. The molecule has 1 N–H and O–H groups in total. The average Bonchev–Trinajstić information content (AvgIpc) is 3.26. The number of furan rings is 1. The number of carbonyl (C=O) groups is 2. The minimum atomic E-state index is -0.526. The molecule has 0 bridgehead atoms. The number of benzene rings is 2. The lowest BCUT2D eigenvalue weighted by atomic mass is 10.2. The van der Waals surface area contributed by atoms with Crippen molar-refractivity contribution in [1.29, 1.82) is 0 Å². The van der Waals surface area contributed by atoms with Gasteiger partial charge >= 0.3 is 5.97 Å². The fraction of sp³-hybridized carbons (Fsp3) is 0.0870. The number of ether oxygens (including phenoxy) is 2. The van der Waals surface area contributed by atoms with Crippen LogP contribution in [0.1, 0.15) is 16.9 Å². The Labute approximate surface area is 201 Å². The van der Waals surface area contributed by atoms with E-state index in [1.54, 1.807) is 36.4 Å². The van der Waals surface area contributed by atoms with E-state index in [1.807, 2.05) is 19.1 Å². The van der Waals surface area contributed by atoms with Crippen LogP contribution in [0.4, 0.5) is 0 Å². The number of nitrogens with zero attached hydrogens (tertiary/aromatic N) is 1. The first-order valence-electron chi connectivity index (χ1n) is 9.34. The fourth-order valence-corrected chi connectivity index (χ4v) is 4.13. The van der Waals surface area contributed by atoms with Crippen LogP contribution in [0.25, 0.3) is 6.08 Å². The van der Waals surface area contributed by atoms with E-state index in [9.17, 15) is 9.59 Å². The van der Waals surface area contributed by atoms with Crippen molar-refractivity contribution in [3.05, 3.63) is 86.7 Å². The number of carbonyl (C=O) groups excluding carboxylic acids is 2. The summed E-state index contributed by atoms with van der Waals surface area (Å²) in [5.74, 6) is 0.540. The molecule has 3 rings (SSSR count). The molecule has 3 aromatic rings. The summed E-state index contributed by atoms with van der Waals surface area (Å²) in [6.07, 6.45) is 5.78. The van der Waals surface area contributed by atoms with Crippen LogP contribution < -0.4 is 14.9 Å². The van der Waals surface area contributed by atoms with Crippen LogP contribution in [0.2, 0.25) is 0 Å². The van der Waals surface area contributed by atoms with Crippen molar-refractivity contribution in [3.8, 4) is 11.5 Å². The van der Waals surface area contributed by atoms with Crippen molar-refractivity contribution in [3.63, 3.8) is 0 Å². The highest BCUT2D eigenvalue weighted by atomic mass is 79.9. The third-order valence-corrected chi connectivity index (χ3v) is 5.10. The van der Waals surface area contributed by atoms with Gasteiger partial charge in [0, 0.05) is 6.08 Å². The Hall–Kier alpha value is -3.17. The van der Waals surface area contributed by atoms with Crippen LogP contribution in [0.15, 0.2) is 79.3 Å². The van der Waals surface area contributed by atoms with Gasteiger partial charge in [0.05, 0.1) is 21.4 Å². The Bertz CT molecular complexity index is 1120. The number of halogens is 2. The van der Waals surface area contributed by atoms with Crippen LogP contribution in [-0.4, -0.2) is 24.7 Å². The molecule has 1 heterocycles. The lowest BCUT2D eigenvalue weighted by molar-refractivity contribution is -0.129.